The van der Waals surface area contributed by atoms with Gasteiger partial charge in [-0.05, 0) is 68.1 Å². The molecule has 1 aromatic heterocycles. The van der Waals surface area contributed by atoms with Crippen LogP contribution in [0.3, 0.4) is 0 Å². The first kappa shape index (κ1) is 18.2. The first-order valence-corrected chi connectivity index (χ1v) is 10.4. The number of nitrogens with zero attached hydrogens (tertiary/aromatic N) is 2. The lowest BCUT2D eigenvalue weighted by atomic mass is 9.86. The summed E-state index contributed by atoms with van der Waals surface area (Å²) in [6.07, 6.45) is 4.74. The first-order valence-electron chi connectivity index (χ1n) is 9.59. The highest BCUT2D eigenvalue weighted by Crippen LogP contribution is 2.26. The summed E-state index contributed by atoms with van der Waals surface area (Å²) < 4.78 is 3.16. The first-order chi connectivity index (χ1) is 13.0. The summed E-state index contributed by atoms with van der Waals surface area (Å²) in [5.41, 5.74) is 3.60. The molecule has 1 heterocycles. The molecule has 2 aromatic carbocycles. The van der Waals surface area contributed by atoms with Crippen LogP contribution in [0.1, 0.15) is 48.8 Å². The molecule has 27 heavy (non-hydrogen) atoms. The zero-order chi connectivity index (χ0) is 19.0. The quantitative estimate of drug-likeness (QED) is 0.609. The molecule has 0 bridgehead atoms. The average Bonchev–Trinajstić information content (AvgIpc) is 2.99. The van der Waals surface area contributed by atoms with Gasteiger partial charge in [-0.15, -0.1) is 0 Å². The van der Waals surface area contributed by atoms with E-state index < -0.39 is 0 Å². The number of nitrogens with one attached hydrogen (secondary N) is 1. The third kappa shape index (κ3) is 3.65. The normalized spacial score (nSPS) is 20.0. The van der Waals surface area contributed by atoms with E-state index in [4.69, 9.17) is 0 Å². The standard InChI is InChI=1S/C22H24BrN3O/c1-14-5-3-4-6-19(14)25-22(27)16-7-12-21-20(13-16)24-15(2)26(21)18-10-8-17(23)9-11-18/h7-14,19H,3-6H2,1-2H3,(H,25,27)/t14-,19-/m0/s1. The number of aryl methyl sites for hydroxylation is 1. The number of fused-ring (bicyclic) bond motifs is 1. The Bertz CT molecular complexity index is 977. The van der Waals surface area contributed by atoms with Gasteiger partial charge in [0.15, 0.2) is 0 Å². The molecule has 2 atom stereocenters. The second kappa shape index (κ2) is 7.47. The molecule has 0 saturated heterocycles. The van der Waals surface area contributed by atoms with E-state index in [2.05, 4.69) is 49.9 Å². The number of aromatic nitrogens is 2. The topological polar surface area (TPSA) is 46.9 Å². The minimum absolute atomic E-state index is 0.00601. The van der Waals surface area contributed by atoms with E-state index in [1.54, 1.807) is 0 Å². The third-order valence-corrected chi connectivity index (χ3v) is 6.13. The Morgan fingerprint density at radius 3 is 2.63 bits per heavy atom. The van der Waals surface area contributed by atoms with Crippen molar-refractivity contribution in [3.05, 3.63) is 58.3 Å². The smallest absolute Gasteiger partial charge is 0.251 e. The molecule has 140 valence electrons. The molecule has 1 aliphatic rings. The zero-order valence-electron chi connectivity index (χ0n) is 15.7. The van der Waals surface area contributed by atoms with E-state index in [0.29, 0.717) is 11.5 Å². The predicted molar refractivity (Wildman–Crippen MR) is 112 cm³/mol. The summed E-state index contributed by atoms with van der Waals surface area (Å²) in [7, 11) is 0. The Kier molecular flexibility index (Phi) is 5.04. The van der Waals surface area contributed by atoms with E-state index in [-0.39, 0.29) is 11.9 Å². The number of hydrogen-bond acceptors (Lipinski definition) is 2. The van der Waals surface area contributed by atoms with E-state index in [0.717, 1.165) is 33.4 Å². The van der Waals surface area contributed by atoms with Gasteiger partial charge in [-0.1, -0.05) is 35.7 Å². The molecule has 3 aromatic rings. The Morgan fingerprint density at radius 2 is 1.89 bits per heavy atom. The maximum Gasteiger partial charge on any atom is 0.251 e. The highest BCUT2D eigenvalue weighted by Gasteiger charge is 2.23. The van der Waals surface area contributed by atoms with Crippen LogP contribution < -0.4 is 5.32 Å². The number of amides is 1. The molecule has 1 aliphatic carbocycles. The molecule has 1 N–H and O–H groups in total. The Morgan fingerprint density at radius 1 is 1.15 bits per heavy atom. The number of benzene rings is 2. The van der Waals surface area contributed by atoms with E-state index in [1.165, 1.54) is 19.3 Å². The van der Waals surface area contributed by atoms with Crippen molar-refractivity contribution in [3.8, 4) is 5.69 Å². The van der Waals surface area contributed by atoms with Gasteiger partial charge in [0, 0.05) is 21.8 Å². The molecule has 0 spiro atoms. The van der Waals surface area contributed by atoms with Crippen molar-refractivity contribution < 1.29 is 4.79 Å². The average molecular weight is 426 g/mol. The summed E-state index contributed by atoms with van der Waals surface area (Å²) in [6, 6.07) is 14.2. The maximum atomic E-state index is 12.8. The Labute approximate surface area is 168 Å². The fraction of sp³-hybridized carbons (Fsp3) is 0.364. The van der Waals surface area contributed by atoms with Crippen molar-refractivity contribution in [1.29, 1.82) is 0 Å². The summed E-state index contributed by atoms with van der Waals surface area (Å²) in [5.74, 6) is 1.46. The molecule has 0 aliphatic heterocycles. The van der Waals surface area contributed by atoms with Crippen molar-refractivity contribution in [1.82, 2.24) is 14.9 Å². The van der Waals surface area contributed by atoms with Crippen molar-refractivity contribution in [2.45, 2.75) is 45.6 Å². The van der Waals surface area contributed by atoms with Gasteiger partial charge in [-0.25, -0.2) is 4.98 Å². The number of hydrogen-bond donors (Lipinski definition) is 1. The van der Waals surface area contributed by atoms with Crippen molar-refractivity contribution >= 4 is 32.9 Å². The van der Waals surface area contributed by atoms with Crippen LogP contribution in [0.2, 0.25) is 0 Å². The number of carbonyl (C=O) groups is 1. The van der Waals surface area contributed by atoms with Gasteiger partial charge in [-0.2, -0.15) is 0 Å². The van der Waals surface area contributed by atoms with E-state index in [1.807, 2.05) is 37.3 Å². The summed E-state index contributed by atoms with van der Waals surface area (Å²) in [4.78, 5) is 17.4. The number of carbonyl (C=O) groups excluding carboxylic acids is 1. The predicted octanol–water partition coefficient (Wildman–Crippen LogP) is 5.40. The van der Waals surface area contributed by atoms with Crippen LogP contribution in [0, 0.1) is 12.8 Å². The lowest BCUT2D eigenvalue weighted by Crippen LogP contribution is -2.41. The molecular formula is C22H24BrN3O. The molecule has 4 nitrogen and oxygen atoms in total. The van der Waals surface area contributed by atoms with Crippen LogP contribution >= 0.6 is 15.9 Å². The summed E-state index contributed by atoms with van der Waals surface area (Å²) in [5, 5.41) is 3.23. The van der Waals surface area contributed by atoms with Gasteiger partial charge in [0.25, 0.3) is 5.91 Å². The maximum absolute atomic E-state index is 12.8. The van der Waals surface area contributed by atoms with Crippen LogP contribution in [0.5, 0.6) is 0 Å². The molecule has 0 radical (unpaired) electrons. The van der Waals surface area contributed by atoms with Crippen molar-refractivity contribution in [2.24, 2.45) is 5.92 Å². The Hall–Kier alpha value is -2.14. The minimum atomic E-state index is 0.00601. The van der Waals surface area contributed by atoms with Gasteiger partial charge < -0.3 is 5.32 Å². The fourth-order valence-corrected chi connectivity index (χ4v) is 4.30. The molecular weight excluding hydrogens is 402 g/mol. The van der Waals surface area contributed by atoms with Crippen LogP contribution in [0.4, 0.5) is 0 Å². The summed E-state index contributed by atoms with van der Waals surface area (Å²) in [6.45, 7) is 4.22. The van der Waals surface area contributed by atoms with Crippen LogP contribution in [-0.4, -0.2) is 21.5 Å². The zero-order valence-corrected chi connectivity index (χ0v) is 17.3. The number of halogens is 1. The molecule has 1 amide bonds. The molecule has 0 unspecified atom stereocenters. The van der Waals surface area contributed by atoms with Gasteiger partial charge in [-0.3, -0.25) is 9.36 Å². The SMILES string of the molecule is Cc1nc2cc(C(=O)N[C@H]3CCCC[C@@H]3C)ccc2n1-c1ccc(Br)cc1. The lowest BCUT2D eigenvalue weighted by Gasteiger charge is -2.29. The summed E-state index contributed by atoms with van der Waals surface area (Å²) >= 11 is 3.48. The van der Waals surface area contributed by atoms with Crippen molar-refractivity contribution in [2.75, 3.05) is 0 Å². The van der Waals surface area contributed by atoms with E-state index >= 15 is 0 Å². The van der Waals surface area contributed by atoms with Gasteiger partial charge in [0.05, 0.1) is 11.0 Å². The minimum Gasteiger partial charge on any atom is -0.349 e. The van der Waals surface area contributed by atoms with E-state index in [9.17, 15) is 4.79 Å². The van der Waals surface area contributed by atoms with Gasteiger partial charge in [0.1, 0.15) is 5.82 Å². The third-order valence-electron chi connectivity index (χ3n) is 5.60. The fourth-order valence-electron chi connectivity index (χ4n) is 4.04. The van der Waals surface area contributed by atoms with Crippen molar-refractivity contribution in [3.63, 3.8) is 0 Å². The van der Waals surface area contributed by atoms with Crippen LogP contribution in [0.25, 0.3) is 16.7 Å². The molecule has 5 heteroatoms. The lowest BCUT2D eigenvalue weighted by molar-refractivity contribution is 0.0910. The van der Waals surface area contributed by atoms with Gasteiger partial charge in [0.2, 0.25) is 0 Å². The Balaban J connectivity index is 1.63. The van der Waals surface area contributed by atoms with Crippen LogP contribution in [-0.2, 0) is 0 Å². The number of rotatable bonds is 3. The second-order valence-corrected chi connectivity index (χ2v) is 8.43. The second-order valence-electron chi connectivity index (χ2n) is 7.52. The molecule has 4 rings (SSSR count). The largest absolute Gasteiger partial charge is 0.349 e. The molecule has 1 saturated carbocycles. The molecule has 1 fully saturated rings. The monoisotopic (exact) mass is 425 g/mol. The van der Waals surface area contributed by atoms with Gasteiger partial charge >= 0.3 is 0 Å². The highest BCUT2D eigenvalue weighted by atomic mass is 79.9. The number of imidazole rings is 1. The van der Waals surface area contributed by atoms with Crippen LogP contribution in [0.15, 0.2) is 46.9 Å². The highest BCUT2D eigenvalue weighted by molar-refractivity contribution is 9.10.